The molecule has 1 aliphatic carbocycles. The zero-order chi connectivity index (χ0) is 22.3. The summed E-state index contributed by atoms with van der Waals surface area (Å²) in [6.45, 7) is 1.82. The Hall–Kier alpha value is -2.39. The van der Waals surface area contributed by atoms with Gasteiger partial charge in [-0.05, 0) is 68.1 Å². The number of anilines is 1. The smallest absolute Gasteiger partial charge is 0.305 e. The molecule has 162 valence electrons. The van der Waals surface area contributed by atoms with Crippen LogP contribution < -0.4 is 4.90 Å². The number of carbonyl (C=O) groups is 1. The van der Waals surface area contributed by atoms with Crippen molar-refractivity contribution in [1.29, 1.82) is 0 Å². The molecular formula is C21H23F3N2O3S. The SMILES string of the molecule is CC(C1CC1)N(C(=O)c1ccc(S(=O)(=O)N(C)C)cc1)c1cccc(C(F)(F)F)c1. The molecule has 1 unspecified atom stereocenters. The molecule has 0 aliphatic heterocycles. The lowest BCUT2D eigenvalue weighted by Crippen LogP contribution is -2.40. The number of halogens is 3. The van der Waals surface area contributed by atoms with Gasteiger partial charge in [-0.2, -0.15) is 13.2 Å². The first-order chi connectivity index (χ1) is 13.9. The van der Waals surface area contributed by atoms with E-state index in [1.54, 1.807) is 0 Å². The Morgan fingerprint density at radius 3 is 2.17 bits per heavy atom. The molecule has 2 aromatic carbocycles. The predicted molar refractivity (Wildman–Crippen MR) is 108 cm³/mol. The van der Waals surface area contributed by atoms with Gasteiger partial charge in [0, 0.05) is 31.4 Å². The molecule has 0 aromatic heterocycles. The van der Waals surface area contributed by atoms with Crippen LogP contribution in [0.5, 0.6) is 0 Å². The third kappa shape index (κ3) is 4.52. The monoisotopic (exact) mass is 440 g/mol. The average molecular weight is 440 g/mol. The molecule has 9 heteroatoms. The van der Waals surface area contributed by atoms with Crippen LogP contribution in [-0.4, -0.2) is 38.8 Å². The summed E-state index contributed by atoms with van der Waals surface area (Å²) in [7, 11) is -0.842. The van der Waals surface area contributed by atoms with Crippen molar-refractivity contribution >= 4 is 21.6 Å². The number of hydrogen-bond donors (Lipinski definition) is 0. The van der Waals surface area contributed by atoms with Gasteiger partial charge in [-0.3, -0.25) is 4.79 Å². The predicted octanol–water partition coefficient (Wildman–Crippen LogP) is 4.40. The molecule has 1 saturated carbocycles. The molecule has 1 fully saturated rings. The molecule has 30 heavy (non-hydrogen) atoms. The van der Waals surface area contributed by atoms with Crippen molar-refractivity contribution in [2.45, 2.75) is 36.9 Å². The topological polar surface area (TPSA) is 57.7 Å². The van der Waals surface area contributed by atoms with Crippen molar-refractivity contribution in [1.82, 2.24) is 4.31 Å². The first-order valence-electron chi connectivity index (χ1n) is 9.46. The van der Waals surface area contributed by atoms with E-state index in [-0.39, 0.29) is 28.1 Å². The molecule has 1 aliphatic rings. The van der Waals surface area contributed by atoms with E-state index in [2.05, 4.69) is 0 Å². The Kier molecular flexibility index (Phi) is 5.97. The fourth-order valence-corrected chi connectivity index (χ4v) is 4.18. The van der Waals surface area contributed by atoms with E-state index >= 15 is 0 Å². The van der Waals surface area contributed by atoms with Gasteiger partial charge in [-0.1, -0.05) is 6.07 Å². The van der Waals surface area contributed by atoms with Crippen molar-refractivity contribution in [3.63, 3.8) is 0 Å². The van der Waals surface area contributed by atoms with Crippen molar-refractivity contribution in [3.8, 4) is 0 Å². The number of rotatable bonds is 6. The lowest BCUT2D eigenvalue weighted by atomic mass is 10.1. The quantitative estimate of drug-likeness (QED) is 0.669. The largest absolute Gasteiger partial charge is 0.416 e. The Bertz CT molecular complexity index is 1030. The number of benzene rings is 2. The minimum atomic E-state index is -4.52. The maximum atomic E-state index is 13.3. The molecule has 0 heterocycles. The van der Waals surface area contributed by atoms with Crippen LogP contribution in [0.2, 0.25) is 0 Å². The fraction of sp³-hybridized carbons (Fsp3) is 0.381. The molecular weight excluding hydrogens is 417 g/mol. The van der Waals surface area contributed by atoms with Gasteiger partial charge in [0.2, 0.25) is 10.0 Å². The first-order valence-corrected chi connectivity index (χ1v) is 10.9. The zero-order valence-corrected chi connectivity index (χ0v) is 17.7. The maximum absolute atomic E-state index is 13.3. The van der Waals surface area contributed by atoms with Crippen LogP contribution in [0, 0.1) is 5.92 Å². The van der Waals surface area contributed by atoms with E-state index in [4.69, 9.17) is 0 Å². The molecule has 0 saturated heterocycles. The van der Waals surface area contributed by atoms with E-state index in [1.807, 2.05) is 6.92 Å². The van der Waals surface area contributed by atoms with Gasteiger partial charge in [-0.25, -0.2) is 12.7 Å². The minimum Gasteiger partial charge on any atom is -0.305 e. The van der Waals surface area contributed by atoms with E-state index in [1.165, 1.54) is 55.4 Å². The van der Waals surface area contributed by atoms with E-state index in [0.29, 0.717) is 0 Å². The summed E-state index contributed by atoms with van der Waals surface area (Å²) in [6.07, 6.45) is -2.70. The third-order valence-electron chi connectivity index (χ3n) is 5.26. The highest BCUT2D eigenvalue weighted by atomic mass is 32.2. The second-order valence-electron chi connectivity index (χ2n) is 7.61. The van der Waals surface area contributed by atoms with Crippen molar-refractivity contribution < 1.29 is 26.4 Å². The summed E-state index contributed by atoms with van der Waals surface area (Å²) in [5.74, 6) is -0.251. The van der Waals surface area contributed by atoms with E-state index in [0.717, 1.165) is 29.3 Å². The van der Waals surface area contributed by atoms with Gasteiger partial charge in [0.05, 0.1) is 10.5 Å². The average Bonchev–Trinajstić information content (AvgIpc) is 3.53. The highest BCUT2D eigenvalue weighted by molar-refractivity contribution is 7.89. The Morgan fingerprint density at radius 2 is 1.67 bits per heavy atom. The molecule has 0 radical (unpaired) electrons. The van der Waals surface area contributed by atoms with Crippen LogP contribution in [-0.2, 0) is 16.2 Å². The molecule has 0 spiro atoms. The molecule has 0 N–H and O–H groups in total. The molecule has 0 bridgehead atoms. The van der Waals surface area contributed by atoms with Crippen LogP contribution in [0.4, 0.5) is 18.9 Å². The second-order valence-corrected chi connectivity index (χ2v) is 9.76. The molecule has 2 aromatic rings. The summed E-state index contributed by atoms with van der Waals surface area (Å²) in [5, 5.41) is 0. The van der Waals surface area contributed by atoms with Gasteiger partial charge in [0.25, 0.3) is 5.91 Å². The van der Waals surface area contributed by atoms with Crippen LogP contribution in [0.1, 0.15) is 35.7 Å². The van der Waals surface area contributed by atoms with Crippen LogP contribution in [0.3, 0.4) is 0 Å². The number of sulfonamides is 1. The standard InChI is InChI=1S/C21H23F3N2O3S/c1-14(15-7-8-15)26(18-6-4-5-17(13-18)21(22,23)24)20(27)16-9-11-19(12-10-16)30(28,29)25(2)3/h4-6,9-15H,7-8H2,1-3H3. The maximum Gasteiger partial charge on any atom is 0.416 e. The van der Waals surface area contributed by atoms with Gasteiger partial charge in [-0.15, -0.1) is 0 Å². The Labute approximate surface area is 174 Å². The molecule has 1 amide bonds. The van der Waals surface area contributed by atoms with Gasteiger partial charge < -0.3 is 4.90 Å². The summed E-state index contributed by atoms with van der Waals surface area (Å²) in [4.78, 5) is 14.7. The summed E-state index contributed by atoms with van der Waals surface area (Å²) >= 11 is 0. The second kappa shape index (κ2) is 8.03. The van der Waals surface area contributed by atoms with Crippen molar-refractivity contribution in [3.05, 3.63) is 59.7 Å². The lowest BCUT2D eigenvalue weighted by molar-refractivity contribution is -0.137. The van der Waals surface area contributed by atoms with E-state index < -0.39 is 27.7 Å². The summed E-state index contributed by atoms with van der Waals surface area (Å²) in [6, 6.07) is 9.85. The molecule has 1 atom stereocenters. The zero-order valence-electron chi connectivity index (χ0n) is 16.8. The van der Waals surface area contributed by atoms with Crippen molar-refractivity contribution in [2.75, 3.05) is 19.0 Å². The normalized spacial score (nSPS) is 15.8. The number of hydrogen-bond acceptors (Lipinski definition) is 3. The number of nitrogens with zero attached hydrogens (tertiary/aromatic N) is 2. The van der Waals surface area contributed by atoms with Crippen LogP contribution in [0.25, 0.3) is 0 Å². The molecule has 5 nitrogen and oxygen atoms in total. The first kappa shape index (κ1) is 22.3. The lowest BCUT2D eigenvalue weighted by Gasteiger charge is -2.30. The summed E-state index contributed by atoms with van der Waals surface area (Å²) < 4.78 is 65.1. The fourth-order valence-electron chi connectivity index (χ4n) is 3.28. The van der Waals surface area contributed by atoms with Gasteiger partial charge in [0.15, 0.2) is 0 Å². The Balaban J connectivity index is 1.98. The highest BCUT2D eigenvalue weighted by Gasteiger charge is 2.37. The number of alkyl halides is 3. The van der Waals surface area contributed by atoms with Gasteiger partial charge >= 0.3 is 6.18 Å². The highest BCUT2D eigenvalue weighted by Crippen LogP contribution is 2.39. The Morgan fingerprint density at radius 1 is 1.07 bits per heavy atom. The van der Waals surface area contributed by atoms with Crippen LogP contribution in [0.15, 0.2) is 53.4 Å². The minimum absolute atomic E-state index is 0.0323. The number of amides is 1. The third-order valence-corrected chi connectivity index (χ3v) is 7.09. The molecule has 3 rings (SSSR count). The van der Waals surface area contributed by atoms with E-state index in [9.17, 15) is 26.4 Å². The van der Waals surface area contributed by atoms with Crippen molar-refractivity contribution in [2.24, 2.45) is 5.92 Å². The summed E-state index contributed by atoms with van der Waals surface area (Å²) in [5.41, 5.74) is -0.454. The van der Waals surface area contributed by atoms with Crippen LogP contribution >= 0.6 is 0 Å². The van der Waals surface area contributed by atoms with Gasteiger partial charge in [0.1, 0.15) is 0 Å². The number of carbonyl (C=O) groups excluding carboxylic acids is 1.